The van der Waals surface area contributed by atoms with E-state index in [-0.39, 0.29) is 24.4 Å². The van der Waals surface area contributed by atoms with Crippen LogP contribution in [0, 0.1) is 5.82 Å². The van der Waals surface area contributed by atoms with Crippen molar-refractivity contribution in [1.29, 1.82) is 0 Å². The summed E-state index contributed by atoms with van der Waals surface area (Å²) < 4.78 is 24.4. The Morgan fingerprint density at radius 3 is 2.81 bits per heavy atom. The van der Waals surface area contributed by atoms with E-state index in [0.717, 1.165) is 23.1 Å². The van der Waals surface area contributed by atoms with Crippen molar-refractivity contribution < 1.29 is 18.7 Å². The maximum Gasteiger partial charge on any atom is 0.260 e. The summed E-state index contributed by atoms with van der Waals surface area (Å²) in [5.41, 5.74) is 0.824. The molecule has 0 aliphatic carbocycles. The Hall–Kier alpha value is -3.15. The van der Waals surface area contributed by atoms with E-state index in [4.69, 9.17) is 9.47 Å². The van der Waals surface area contributed by atoms with E-state index in [1.54, 1.807) is 11.1 Å². The van der Waals surface area contributed by atoms with Crippen molar-refractivity contribution in [2.75, 3.05) is 19.7 Å². The van der Waals surface area contributed by atoms with Crippen molar-refractivity contribution in [2.24, 2.45) is 0 Å². The van der Waals surface area contributed by atoms with Crippen molar-refractivity contribution >= 4 is 16.8 Å². The number of carbonyl (C=O) groups excluding carboxylic acids is 1. The molecule has 1 aromatic heterocycles. The number of rotatable bonds is 5. The van der Waals surface area contributed by atoms with Crippen LogP contribution >= 0.6 is 0 Å². The Bertz CT molecular complexity index is 940. The first-order valence-electron chi connectivity index (χ1n) is 8.85. The third-order valence-electron chi connectivity index (χ3n) is 4.56. The number of para-hydroxylation sites is 1. The van der Waals surface area contributed by atoms with Crippen molar-refractivity contribution in [1.82, 2.24) is 9.88 Å². The Morgan fingerprint density at radius 2 is 1.96 bits per heavy atom. The molecule has 4 rings (SSSR count). The Labute approximate surface area is 156 Å². The largest absolute Gasteiger partial charge is 0.486 e. The van der Waals surface area contributed by atoms with Crippen LogP contribution in [0.4, 0.5) is 4.39 Å². The van der Waals surface area contributed by atoms with Crippen LogP contribution in [-0.4, -0.2) is 41.6 Å². The molecule has 6 heteroatoms. The highest BCUT2D eigenvalue weighted by Crippen LogP contribution is 2.26. The number of fused-ring (bicyclic) bond motifs is 1. The lowest BCUT2D eigenvalue weighted by Crippen LogP contribution is -2.34. The number of nitrogens with zero attached hydrogens (tertiary/aromatic N) is 2. The van der Waals surface area contributed by atoms with Crippen LogP contribution in [0.25, 0.3) is 10.9 Å². The van der Waals surface area contributed by atoms with Crippen LogP contribution in [0.1, 0.15) is 6.42 Å². The molecule has 1 aliphatic rings. The van der Waals surface area contributed by atoms with E-state index >= 15 is 0 Å². The molecule has 1 amide bonds. The molecule has 5 nitrogen and oxygen atoms in total. The molecule has 1 unspecified atom stereocenters. The van der Waals surface area contributed by atoms with Gasteiger partial charge in [0.1, 0.15) is 28.9 Å². The van der Waals surface area contributed by atoms with Crippen molar-refractivity contribution in [3.05, 3.63) is 66.6 Å². The van der Waals surface area contributed by atoms with Gasteiger partial charge in [0.05, 0.1) is 6.54 Å². The fraction of sp³-hybridized carbons (Fsp3) is 0.238. The van der Waals surface area contributed by atoms with E-state index in [0.29, 0.717) is 18.8 Å². The highest BCUT2D eigenvalue weighted by atomic mass is 19.1. The molecular formula is C21H19FN2O3. The van der Waals surface area contributed by atoms with Gasteiger partial charge in [-0.2, -0.15) is 0 Å². The standard InChI is InChI=1S/C21H19FN2O3/c22-16-6-8-17(9-7-16)26-14-20(25)24-12-10-18(13-24)27-19-5-1-3-15-4-2-11-23-21(15)19/h1-9,11,18H,10,12-14H2. The van der Waals surface area contributed by atoms with E-state index < -0.39 is 0 Å². The average Bonchev–Trinajstić information content (AvgIpc) is 3.16. The highest BCUT2D eigenvalue weighted by molar-refractivity contribution is 5.84. The number of hydrogen-bond donors (Lipinski definition) is 0. The van der Waals surface area contributed by atoms with Gasteiger partial charge in [-0.05, 0) is 36.4 Å². The minimum atomic E-state index is -0.337. The molecule has 1 saturated heterocycles. The lowest BCUT2D eigenvalue weighted by Gasteiger charge is -2.18. The number of halogens is 1. The molecular weight excluding hydrogens is 347 g/mol. The van der Waals surface area contributed by atoms with E-state index in [1.807, 2.05) is 30.3 Å². The zero-order valence-corrected chi connectivity index (χ0v) is 14.7. The van der Waals surface area contributed by atoms with Crippen molar-refractivity contribution in [3.8, 4) is 11.5 Å². The van der Waals surface area contributed by atoms with E-state index in [2.05, 4.69) is 4.98 Å². The summed E-state index contributed by atoms with van der Waals surface area (Å²) in [6.07, 6.45) is 2.42. The molecule has 1 aliphatic heterocycles. The number of pyridine rings is 1. The van der Waals surface area contributed by atoms with Gasteiger partial charge in [0.2, 0.25) is 0 Å². The quantitative estimate of drug-likeness (QED) is 0.694. The van der Waals surface area contributed by atoms with Gasteiger partial charge in [-0.15, -0.1) is 0 Å². The minimum Gasteiger partial charge on any atom is -0.486 e. The molecule has 0 radical (unpaired) electrons. The maximum absolute atomic E-state index is 12.9. The van der Waals surface area contributed by atoms with Gasteiger partial charge in [-0.25, -0.2) is 4.39 Å². The zero-order chi connectivity index (χ0) is 18.6. The molecule has 3 aromatic rings. The van der Waals surface area contributed by atoms with Crippen LogP contribution in [0.5, 0.6) is 11.5 Å². The van der Waals surface area contributed by atoms with Crippen molar-refractivity contribution in [2.45, 2.75) is 12.5 Å². The third kappa shape index (κ3) is 4.00. The number of aromatic nitrogens is 1. The predicted octanol–water partition coefficient (Wildman–Crippen LogP) is 3.43. The molecule has 138 valence electrons. The molecule has 1 fully saturated rings. The van der Waals surface area contributed by atoms with Gasteiger partial charge in [-0.1, -0.05) is 18.2 Å². The summed E-state index contributed by atoms with van der Waals surface area (Å²) in [6, 6.07) is 15.3. The monoisotopic (exact) mass is 366 g/mol. The average molecular weight is 366 g/mol. The number of carbonyl (C=O) groups is 1. The first kappa shape index (κ1) is 17.3. The molecule has 0 N–H and O–H groups in total. The summed E-state index contributed by atoms with van der Waals surface area (Å²) in [5, 5.41) is 1.02. The second-order valence-corrected chi connectivity index (χ2v) is 6.44. The molecule has 2 aromatic carbocycles. The minimum absolute atomic E-state index is 0.0752. The number of ether oxygens (including phenoxy) is 2. The fourth-order valence-corrected chi connectivity index (χ4v) is 3.17. The summed E-state index contributed by atoms with van der Waals surface area (Å²) in [5.74, 6) is 0.756. The smallest absolute Gasteiger partial charge is 0.260 e. The van der Waals surface area contributed by atoms with Gasteiger partial charge >= 0.3 is 0 Å². The van der Waals surface area contributed by atoms with Crippen LogP contribution in [-0.2, 0) is 4.79 Å². The molecule has 0 bridgehead atoms. The topological polar surface area (TPSA) is 51.7 Å². The number of amides is 1. The van der Waals surface area contributed by atoms with Gasteiger partial charge in [0.25, 0.3) is 5.91 Å². The summed E-state index contributed by atoms with van der Waals surface area (Å²) in [7, 11) is 0. The summed E-state index contributed by atoms with van der Waals surface area (Å²) in [4.78, 5) is 18.5. The first-order chi connectivity index (χ1) is 13.2. The summed E-state index contributed by atoms with van der Waals surface area (Å²) in [6.45, 7) is 1.05. The van der Waals surface area contributed by atoms with Gasteiger partial charge < -0.3 is 14.4 Å². The Kier molecular flexibility index (Phi) is 4.87. The molecule has 27 heavy (non-hydrogen) atoms. The Morgan fingerprint density at radius 1 is 1.15 bits per heavy atom. The lowest BCUT2D eigenvalue weighted by molar-refractivity contribution is -0.132. The molecule has 0 spiro atoms. The third-order valence-corrected chi connectivity index (χ3v) is 4.56. The van der Waals surface area contributed by atoms with Crippen LogP contribution in [0.2, 0.25) is 0 Å². The zero-order valence-electron chi connectivity index (χ0n) is 14.7. The lowest BCUT2D eigenvalue weighted by atomic mass is 10.2. The van der Waals surface area contributed by atoms with Gasteiger partial charge in [-0.3, -0.25) is 9.78 Å². The van der Waals surface area contributed by atoms with Crippen LogP contribution in [0.15, 0.2) is 60.8 Å². The van der Waals surface area contributed by atoms with E-state index in [9.17, 15) is 9.18 Å². The number of likely N-dealkylation sites (tertiary alicyclic amines) is 1. The van der Waals surface area contributed by atoms with Crippen molar-refractivity contribution in [3.63, 3.8) is 0 Å². The van der Waals surface area contributed by atoms with Crippen LogP contribution in [0.3, 0.4) is 0 Å². The SMILES string of the molecule is O=C(COc1ccc(F)cc1)N1CCC(Oc2cccc3cccnc23)C1. The molecule has 0 saturated carbocycles. The predicted molar refractivity (Wildman–Crippen MR) is 99.3 cm³/mol. The molecule has 1 atom stereocenters. The van der Waals surface area contributed by atoms with Crippen LogP contribution < -0.4 is 9.47 Å². The fourth-order valence-electron chi connectivity index (χ4n) is 3.17. The van der Waals surface area contributed by atoms with Gasteiger partial charge in [0.15, 0.2) is 6.61 Å². The molecule has 2 heterocycles. The van der Waals surface area contributed by atoms with E-state index in [1.165, 1.54) is 24.3 Å². The number of benzene rings is 2. The number of hydrogen-bond acceptors (Lipinski definition) is 4. The van der Waals surface area contributed by atoms with Gasteiger partial charge in [0, 0.05) is 24.5 Å². The second-order valence-electron chi connectivity index (χ2n) is 6.44. The highest BCUT2D eigenvalue weighted by Gasteiger charge is 2.28. The summed E-state index contributed by atoms with van der Waals surface area (Å²) >= 11 is 0. The second kappa shape index (κ2) is 7.61. The Balaban J connectivity index is 1.34. The normalized spacial score (nSPS) is 16.5. The maximum atomic E-state index is 12.9. The first-order valence-corrected chi connectivity index (χ1v) is 8.85.